The van der Waals surface area contributed by atoms with E-state index in [-0.39, 0.29) is 11.9 Å². The van der Waals surface area contributed by atoms with Gasteiger partial charge in [-0.25, -0.2) is 4.39 Å². The van der Waals surface area contributed by atoms with Gasteiger partial charge in [-0.15, -0.1) is 0 Å². The zero-order chi connectivity index (χ0) is 12.3. The molecule has 0 radical (unpaired) electrons. The molecule has 0 bridgehead atoms. The van der Waals surface area contributed by atoms with E-state index >= 15 is 0 Å². The summed E-state index contributed by atoms with van der Waals surface area (Å²) in [6.45, 7) is 5.23. The monoisotopic (exact) mass is 225 g/mol. The number of anilines is 1. The number of aliphatic carboxylic acids is 1. The van der Waals surface area contributed by atoms with E-state index in [1.807, 2.05) is 6.92 Å². The van der Waals surface area contributed by atoms with Gasteiger partial charge < -0.3 is 10.4 Å². The first kappa shape index (κ1) is 12.5. The fourth-order valence-corrected chi connectivity index (χ4v) is 1.33. The van der Waals surface area contributed by atoms with E-state index in [0.717, 1.165) is 5.56 Å². The first-order chi connectivity index (χ1) is 7.41. The maximum Gasteiger partial charge on any atom is 0.308 e. The smallest absolute Gasteiger partial charge is 0.308 e. The highest BCUT2D eigenvalue weighted by Crippen LogP contribution is 2.19. The maximum absolute atomic E-state index is 13.0. The predicted octanol–water partition coefficient (Wildman–Crippen LogP) is 2.66. The Morgan fingerprint density at radius 3 is 2.62 bits per heavy atom. The molecule has 0 heterocycles. The lowest BCUT2D eigenvalue weighted by Gasteiger charge is -2.20. The lowest BCUT2D eigenvalue weighted by Crippen LogP contribution is -2.30. The summed E-state index contributed by atoms with van der Waals surface area (Å²) in [5, 5.41) is 11.9. The summed E-state index contributed by atoms with van der Waals surface area (Å²) in [7, 11) is 0. The van der Waals surface area contributed by atoms with E-state index in [2.05, 4.69) is 5.32 Å². The third-order valence-electron chi connectivity index (χ3n) is 2.72. The van der Waals surface area contributed by atoms with Crippen molar-refractivity contribution >= 4 is 11.7 Å². The Labute approximate surface area is 94.3 Å². The minimum atomic E-state index is -0.867. The molecule has 0 aromatic heterocycles. The molecule has 1 aromatic rings. The number of halogens is 1. The standard InChI is InChI=1S/C12H16FNO2/c1-7-4-5-10(13)6-11(7)14-9(3)8(2)12(15)16/h4-6,8-9,14H,1-3H3,(H,15,16). The minimum Gasteiger partial charge on any atom is -0.481 e. The van der Waals surface area contributed by atoms with E-state index in [0.29, 0.717) is 5.69 Å². The maximum atomic E-state index is 13.0. The summed E-state index contributed by atoms with van der Waals surface area (Å²) in [6.07, 6.45) is 0. The second kappa shape index (κ2) is 4.96. The molecule has 0 aliphatic rings. The van der Waals surface area contributed by atoms with Crippen LogP contribution < -0.4 is 5.32 Å². The van der Waals surface area contributed by atoms with Crippen LogP contribution in [0.1, 0.15) is 19.4 Å². The first-order valence-electron chi connectivity index (χ1n) is 5.17. The van der Waals surface area contributed by atoms with Crippen LogP contribution in [0.15, 0.2) is 18.2 Å². The molecule has 0 saturated heterocycles. The summed E-state index contributed by atoms with van der Waals surface area (Å²) < 4.78 is 13.0. The largest absolute Gasteiger partial charge is 0.481 e. The molecule has 0 amide bonds. The van der Waals surface area contributed by atoms with Crippen molar-refractivity contribution < 1.29 is 14.3 Å². The van der Waals surface area contributed by atoms with Gasteiger partial charge in [0.15, 0.2) is 0 Å². The number of nitrogens with one attached hydrogen (secondary N) is 1. The van der Waals surface area contributed by atoms with E-state index in [1.54, 1.807) is 19.9 Å². The van der Waals surface area contributed by atoms with E-state index < -0.39 is 11.9 Å². The Bertz CT molecular complexity index is 393. The second-order valence-corrected chi connectivity index (χ2v) is 4.02. The number of carboxylic acid groups (broad SMARTS) is 1. The normalized spacial score (nSPS) is 14.2. The van der Waals surface area contributed by atoms with Gasteiger partial charge in [0.1, 0.15) is 5.82 Å². The Balaban J connectivity index is 2.80. The molecular formula is C12H16FNO2. The minimum absolute atomic E-state index is 0.252. The van der Waals surface area contributed by atoms with Crippen LogP contribution in [-0.4, -0.2) is 17.1 Å². The number of hydrogen-bond acceptors (Lipinski definition) is 2. The van der Waals surface area contributed by atoms with Crippen molar-refractivity contribution in [2.24, 2.45) is 5.92 Å². The van der Waals surface area contributed by atoms with Gasteiger partial charge in [-0.05, 0) is 38.5 Å². The number of hydrogen-bond donors (Lipinski definition) is 2. The average molecular weight is 225 g/mol. The molecule has 0 aliphatic carbocycles. The van der Waals surface area contributed by atoms with Gasteiger partial charge >= 0.3 is 5.97 Å². The van der Waals surface area contributed by atoms with Crippen LogP contribution in [0.5, 0.6) is 0 Å². The molecule has 16 heavy (non-hydrogen) atoms. The molecule has 4 heteroatoms. The molecule has 2 atom stereocenters. The third kappa shape index (κ3) is 2.95. The zero-order valence-electron chi connectivity index (χ0n) is 9.62. The second-order valence-electron chi connectivity index (χ2n) is 4.02. The van der Waals surface area contributed by atoms with Crippen LogP contribution in [0, 0.1) is 18.7 Å². The summed E-state index contributed by atoms with van der Waals surface area (Å²) in [5.74, 6) is -1.72. The molecule has 0 fully saturated rings. The molecule has 0 saturated carbocycles. The number of carboxylic acids is 1. The van der Waals surface area contributed by atoms with Crippen molar-refractivity contribution in [3.63, 3.8) is 0 Å². The quantitative estimate of drug-likeness (QED) is 0.828. The van der Waals surface area contributed by atoms with Crippen LogP contribution in [0.3, 0.4) is 0 Å². The lowest BCUT2D eigenvalue weighted by molar-refractivity contribution is -0.141. The topological polar surface area (TPSA) is 49.3 Å². The third-order valence-corrected chi connectivity index (χ3v) is 2.72. The SMILES string of the molecule is Cc1ccc(F)cc1NC(C)C(C)C(=O)O. The number of aryl methyl sites for hydroxylation is 1. The van der Waals surface area contributed by atoms with Gasteiger partial charge in [-0.1, -0.05) is 6.07 Å². The lowest BCUT2D eigenvalue weighted by atomic mass is 10.0. The molecule has 3 nitrogen and oxygen atoms in total. The van der Waals surface area contributed by atoms with Crippen molar-refractivity contribution in [2.45, 2.75) is 26.8 Å². The molecule has 88 valence electrons. The molecule has 1 rings (SSSR count). The van der Waals surface area contributed by atoms with Gasteiger partial charge in [-0.2, -0.15) is 0 Å². The molecule has 0 aliphatic heterocycles. The molecule has 2 unspecified atom stereocenters. The average Bonchev–Trinajstić information content (AvgIpc) is 2.22. The fourth-order valence-electron chi connectivity index (χ4n) is 1.33. The Morgan fingerprint density at radius 1 is 1.44 bits per heavy atom. The van der Waals surface area contributed by atoms with E-state index in [4.69, 9.17) is 5.11 Å². The summed E-state index contributed by atoms with van der Waals surface area (Å²) in [6, 6.07) is 4.17. The van der Waals surface area contributed by atoms with Crippen molar-refractivity contribution in [3.05, 3.63) is 29.6 Å². The van der Waals surface area contributed by atoms with Gasteiger partial charge in [-0.3, -0.25) is 4.79 Å². The van der Waals surface area contributed by atoms with Crippen LogP contribution in [-0.2, 0) is 4.79 Å². The highest BCUT2D eigenvalue weighted by Gasteiger charge is 2.19. The highest BCUT2D eigenvalue weighted by atomic mass is 19.1. The van der Waals surface area contributed by atoms with Gasteiger partial charge in [0, 0.05) is 11.7 Å². The number of rotatable bonds is 4. The molecular weight excluding hydrogens is 209 g/mol. The van der Waals surface area contributed by atoms with Crippen molar-refractivity contribution in [2.75, 3.05) is 5.32 Å². The fraction of sp³-hybridized carbons (Fsp3) is 0.417. The molecule has 2 N–H and O–H groups in total. The summed E-state index contributed by atoms with van der Waals surface area (Å²) in [4.78, 5) is 10.8. The Kier molecular flexibility index (Phi) is 3.88. The van der Waals surface area contributed by atoms with E-state index in [9.17, 15) is 9.18 Å². The van der Waals surface area contributed by atoms with Crippen LogP contribution in [0.2, 0.25) is 0 Å². The van der Waals surface area contributed by atoms with Gasteiger partial charge in [0.25, 0.3) is 0 Å². The molecule has 0 spiro atoms. The van der Waals surface area contributed by atoms with Gasteiger partial charge in [0.2, 0.25) is 0 Å². The number of benzene rings is 1. The van der Waals surface area contributed by atoms with Gasteiger partial charge in [0.05, 0.1) is 5.92 Å². The number of carbonyl (C=O) groups is 1. The Hall–Kier alpha value is -1.58. The van der Waals surface area contributed by atoms with Crippen LogP contribution in [0.25, 0.3) is 0 Å². The predicted molar refractivity (Wildman–Crippen MR) is 61.0 cm³/mol. The zero-order valence-corrected chi connectivity index (χ0v) is 9.62. The summed E-state index contributed by atoms with van der Waals surface area (Å²) >= 11 is 0. The van der Waals surface area contributed by atoms with Crippen molar-refractivity contribution in [3.8, 4) is 0 Å². The van der Waals surface area contributed by atoms with E-state index in [1.165, 1.54) is 12.1 Å². The Morgan fingerprint density at radius 2 is 2.06 bits per heavy atom. The van der Waals surface area contributed by atoms with Crippen molar-refractivity contribution in [1.82, 2.24) is 0 Å². The van der Waals surface area contributed by atoms with Crippen LogP contribution >= 0.6 is 0 Å². The van der Waals surface area contributed by atoms with Crippen LogP contribution in [0.4, 0.5) is 10.1 Å². The molecule has 1 aromatic carbocycles. The van der Waals surface area contributed by atoms with Crippen molar-refractivity contribution in [1.29, 1.82) is 0 Å². The summed E-state index contributed by atoms with van der Waals surface area (Å²) in [5.41, 5.74) is 1.53. The first-order valence-corrected chi connectivity index (χ1v) is 5.17. The highest BCUT2D eigenvalue weighted by molar-refractivity contribution is 5.71.